The summed E-state index contributed by atoms with van der Waals surface area (Å²) < 4.78 is 5.43. The van der Waals surface area contributed by atoms with Crippen LogP contribution in [0.4, 0.5) is 5.69 Å². The van der Waals surface area contributed by atoms with Crippen LogP contribution in [-0.2, 0) is 4.79 Å². The van der Waals surface area contributed by atoms with Gasteiger partial charge in [-0.25, -0.2) is 0 Å². The summed E-state index contributed by atoms with van der Waals surface area (Å²) in [5.74, 6) is 0.706. The number of rotatable bonds is 3. The molecule has 2 rings (SSSR count). The summed E-state index contributed by atoms with van der Waals surface area (Å²) in [6, 6.07) is 6.95. The van der Waals surface area contributed by atoms with Gasteiger partial charge in [0.25, 0.3) is 5.91 Å². The molecule has 1 aromatic carbocycles. The molecule has 2 unspecified atom stereocenters. The van der Waals surface area contributed by atoms with Gasteiger partial charge in [-0.2, -0.15) is 0 Å². The third-order valence-electron chi connectivity index (χ3n) is 3.46. The van der Waals surface area contributed by atoms with E-state index < -0.39 is 0 Å². The number of ether oxygens (including phenoxy) is 1. The molecule has 0 radical (unpaired) electrons. The number of nitrogen functional groups attached to an aromatic ring is 1. The van der Waals surface area contributed by atoms with E-state index in [2.05, 4.69) is 0 Å². The molecule has 19 heavy (non-hydrogen) atoms. The minimum Gasteiger partial charge on any atom is -0.484 e. The minimum absolute atomic E-state index is 0.0206. The van der Waals surface area contributed by atoms with Gasteiger partial charge in [-0.05, 0) is 36.6 Å². The SMILES string of the molecule is CC1CN(C(=O)COc2ccc(N)cc2)CCC1O. The zero-order valence-corrected chi connectivity index (χ0v) is 11.1. The second-order valence-electron chi connectivity index (χ2n) is 5.03. The van der Waals surface area contributed by atoms with Gasteiger partial charge >= 0.3 is 0 Å². The number of amides is 1. The quantitative estimate of drug-likeness (QED) is 0.795. The highest BCUT2D eigenvalue weighted by Crippen LogP contribution is 2.17. The Labute approximate surface area is 113 Å². The summed E-state index contributed by atoms with van der Waals surface area (Å²) in [6.07, 6.45) is 0.330. The Kier molecular flexibility index (Phi) is 4.27. The van der Waals surface area contributed by atoms with E-state index in [1.54, 1.807) is 29.2 Å². The first-order chi connectivity index (χ1) is 9.06. The Hall–Kier alpha value is -1.75. The molecule has 1 saturated heterocycles. The van der Waals surface area contributed by atoms with Gasteiger partial charge in [-0.15, -0.1) is 0 Å². The Bertz CT molecular complexity index is 433. The maximum Gasteiger partial charge on any atom is 0.260 e. The molecule has 1 aromatic rings. The highest BCUT2D eigenvalue weighted by atomic mass is 16.5. The van der Waals surface area contributed by atoms with Crippen LogP contribution in [0.3, 0.4) is 0 Å². The lowest BCUT2D eigenvalue weighted by atomic mass is 9.97. The molecule has 5 heteroatoms. The van der Waals surface area contributed by atoms with E-state index in [4.69, 9.17) is 10.5 Å². The van der Waals surface area contributed by atoms with Crippen molar-refractivity contribution in [3.8, 4) is 5.75 Å². The van der Waals surface area contributed by atoms with Crippen LogP contribution in [0.5, 0.6) is 5.75 Å². The number of nitrogens with two attached hydrogens (primary N) is 1. The normalized spacial score (nSPS) is 23.2. The first-order valence-corrected chi connectivity index (χ1v) is 6.50. The third kappa shape index (κ3) is 3.61. The lowest BCUT2D eigenvalue weighted by Crippen LogP contribution is -2.46. The summed E-state index contributed by atoms with van der Waals surface area (Å²) >= 11 is 0. The van der Waals surface area contributed by atoms with Crippen LogP contribution in [0.2, 0.25) is 0 Å². The topological polar surface area (TPSA) is 75.8 Å². The van der Waals surface area contributed by atoms with Crippen molar-refractivity contribution in [1.82, 2.24) is 4.90 Å². The first kappa shape index (κ1) is 13.7. The molecule has 1 fully saturated rings. The average molecular weight is 264 g/mol. The summed E-state index contributed by atoms with van der Waals surface area (Å²) in [6.45, 7) is 3.15. The van der Waals surface area contributed by atoms with Crippen molar-refractivity contribution < 1.29 is 14.6 Å². The van der Waals surface area contributed by atoms with Crippen molar-refractivity contribution in [3.63, 3.8) is 0 Å². The van der Waals surface area contributed by atoms with Crippen molar-refractivity contribution in [3.05, 3.63) is 24.3 Å². The van der Waals surface area contributed by atoms with Crippen LogP contribution in [0.25, 0.3) is 0 Å². The lowest BCUT2D eigenvalue weighted by Gasteiger charge is -2.34. The predicted octanol–water partition coefficient (Wildman–Crippen LogP) is 0.877. The summed E-state index contributed by atoms with van der Waals surface area (Å²) in [5, 5.41) is 9.63. The van der Waals surface area contributed by atoms with Gasteiger partial charge < -0.3 is 20.5 Å². The number of piperidine rings is 1. The van der Waals surface area contributed by atoms with E-state index in [1.165, 1.54) is 0 Å². The molecule has 0 saturated carbocycles. The van der Waals surface area contributed by atoms with Crippen LogP contribution >= 0.6 is 0 Å². The Morgan fingerprint density at radius 2 is 2.16 bits per heavy atom. The smallest absolute Gasteiger partial charge is 0.260 e. The molecule has 0 bridgehead atoms. The molecule has 1 amide bonds. The predicted molar refractivity (Wildman–Crippen MR) is 72.7 cm³/mol. The van der Waals surface area contributed by atoms with Crippen LogP contribution in [0, 0.1) is 5.92 Å². The molecular weight excluding hydrogens is 244 g/mol. The second-order valence-corrected chi connectivity index (χ2v) is 5.03. The molecule has 0 spiro atoms. The fraction of sp³-hybridized carbons (Fsp3) is 0.500. The number of nitrogens with zero attached hydrogens (tertiary/aromatic N) is 1. The van der Waals surface area contributed by atoms with E-state index >= 15 is 0 Å². The number of hydrogen-bond donors (Lipinski definition) is 2. The van der Waals surface area contributed by atoms with E-state index in [0.717, 1.165) is 0 Å². The van der Waals surface area contributed by atoms with Gasteiger partial charge in [0.2, 0.25) is 0 Å². The van der Waals surface area contributed by atoms with Crippen molar-refractivity contribution in [1.29, 1.82) is 0 Å². The summed E-state index contributed by atoms with van der Waals surface area (Å²) in [4.78, 5) is 13.7. The fourth-order valence-corrected chi connectivity index (χ4v) is 2.16. The number of anilines is 1. The number of carbonyl (C=O) groups excluding carboxylic acids is 1. The molecule has 3 N–H and O–H groups in total. The van der Waals surface area contributed by atoms with E-state index in [1.807, 2.05) is 6.92 Å². The number of aliphatic hydroxyl groups excluding tert-OH is 1. The van der Waals surface area contributed by atoms with Gasteiger partial charge in [0.15, 0.2) is 6.61 Å². The highest BCUT2D eigenvalue weighted by molar-refractivity contribution is 5.77. The van der Waals surface area contributed by atoms with Crippen LogP contribution in [0.1, 0.15) is 13.3 Å². The van der Waals surface area contributed by atoms with Gasteiger partial charge in [-0.1, -0.05) is 6.92 Å². The highest BCUT2D eigenvalue weighted by Gasteiger charge is 2.27. The molecule has 0 aromatic heterocycles. The summed E-state index contributed by atoms with van der Waals surface area (Å²) in [5.41, 5.74) is 6.24. The number of carbonyl (C=O) groups is 1. The molecule has 104 valence electrons. The standard InChI is InChI=1S/C14H20N2O3/c1-10-8-16(7-6-13(10)17)14(18)9-19-12-4-2-11(15)3-5-12/h2-5,10,13,17H,6-9,15H2,1H3. The maximum absolute atomic E-state index is 12.0. The number of benzene rings is 1. The fourth-order valence-electron chi connectivity index (χ4n) is 2.16. The van der Waals surface area contributed by atoms with Crippen molar-refractivity contribution in [2.75, 3.05) is 25.4 Å². The molecule has 0 aliphatic carbocycles. The van der Waals surface area contributed by atoms with Gasteiger partial charge in [0.1, 0.15) is 5.75 Å². The minimum atomic E-state index is -0.304. The monoisotopic (exact) mass is 264 g/mol. The van der Waals surface area contributed by atoms with Crippen LogP contribution in [0.15, 0.2) is 24.3 Å². The number of hydrogen-bond acceptors (Lipinski definition) is 4. The first-order valence-electron chi connectivity index (χ1n) is 6.50. The number of likely N-dealkylation sites (tertiary alicyclic amines) is 1. The molecule has 2 atom stereocenters. The van der Waals surface area contributed by atoms with Crippen molar-refractivity contribution >= 4 is 11.6 Å². The van der Waals surface area contributed by atoms with E-state index in [-0.39, 0.29) is 24.5 Å². The van der Waals surface area contributed by atoms with Gasteiger partial charge in [0.05, 0.1) is 6.10 Å². The number of aliphatic hydroxyl groups is 1. The zero-order chi connectivity index (χ0) is 13.8. The maximum atomic E-state index is 12.0. The van der Waals surface area contributed by atoms with Crippen molar-refractivity contribution in [2.45, 2.75) is 19.4 Å². The van der Waals surface area contributed by atoms with Crippen LogP contribution in [-0.4, -0.2) is 41.7 Å². The van der Waals surface area contributed by atoms with Gasteiger partial charge in [0, 0.05) is 18.8 Å². The Morgan fingerprint density at radius 3 is 2.79 bits per heavy atom. The lowest BCUT2D eigenvalue weighted by molar-refractivity contribution is -0.136. The zero-order valence-electron chi connectivity index (χ0n) is 11.1. The average Bonchev–Trinajstić information content (AvgIpc) is 2.41. The Morgan fingerprint density at radius 1 is 1.47 bits per heavy atom. The van der Waals surface area contributed by atoms with Crippen LogP contribution < -0.4 is 10.5 Å². The molecule has 1 aliphatic rings. The molecule has 1 aliphatic heterocycles. The van der Waals surface area contributed by atoms with Crippen molar-refractivity contribution in [2.24, 2.45) is 5.92 Å². The van der Waals surface area contributed by atoms with Gasteiger partial charge in [-0.3, -0.25) is 4.79 Å². The summed E-state index contributed by atoms with van der Waals surface area (Å²) in [7, 11) is 0. The second kappa shape index (κ2) is 5.93. The molecule has 1 heterocycles. The third-order valence-corrected chi connectivity index (χ3v) is 3.46. The van der Waals surface area contributed by atoms with E-state index in [9.17, 15) is 9.90 Å². The Balaban J connectivity index is 1.83. The molecule has 5 nitrogen and oxygen atoms in total. The molecular formula is C14H20N2O3. The van der Waals surface area contributed by atoms with E-state index in [0.29, 0.717) is 30.9 Å². The largest absolute Gasteiger partial charge is 0.484 e.